The minimum Gasteiger partial charge on any atom is -0.459 e. The molecule has 0 bridgehead atoms. The number of aromatic amines is 1. The molecule has 1 atom stereocenters. The molecular weight excluding hydrogens is 396 g/mol. The van der Waals surface area contributed by atoms with Gasteiger partial charge in [0, 0.05) is 23.5 Å². The largest absolute Gasteiger partial charge is 0.459 e. The van der Waals surface area contributed by atoms with E-state index in [4.69, 9.17) is 4.74 Å². The number of benzene rings is 2. The Kier molecular flexibility index (Phi) is 5.95. The van der Waals surface area contributed by atoms with Gasteiger partial charge in [-0.05, 0) is 35.6 Å². The monoisotopic (exact) mass is 418 g/mol. The van der Waals surface area contributed by atoms with Gasteiger partial charge in [0.25, 0.3) is 5.91 Å². The standard InChI is InChI=1S/C24H22N2O3S/c1-16-6-4-7-17(12-16)15-29-24(28)21(26-23(27)22-10-5-11-30-22)13-18-14-25-20-9-3-2-8-19(18)20/h2-12,14,21,25H,13,15H2,1H3,(H,26,27). The average Bonchev–Trinajstić information content (AvgIpc) is 3.42. The van der Waals surface area contributed by atoms with E-state index in [0.29, 0.717) is 11.3 Å². The molecule has 4 aromatic rings. The van der Waals surface area contributed by atoms with Crippen molar-refractivity contribution in [3.05, 3.63) is 93.8 Å². The van der Waals surface area contributed by atoms with E-state index < -0.39 is 12.0 Å². The number of nitrogens with one attached hydrogen (secondary N) is 2. The summed E-state index contributed by atoms with van der Waals surface area (Å²) in [6.45, 7) is 2.16. The van der Waals surface area contributed by atoms with Gasteiger partial charge in [0.05, 0.1) is 4.88 Å². The van der Waals surface area contributed by atoms with Crippen LogP contribution in [0.15, 0.2) is 72.2 Å². The maximum absolute atomic E-state index is 12.9. The van der Waals surface area contributed by atoms with Crippen LogP contribution in [0.3, 0.4) is 0 Å². The number of ether oxygens (including phenoxy) is 1. The first kappa shape index (κ1) is 19.9. The average molecular weight is 419 g/mol. The third kappa shape index (κ3) is 4.60. The predicted octanol–water partition coefficient (Wildman–Crippen LogP) is 4.62. The molecule has 0 aliphatic heterocycles. The van der Waals surface area contributed by atoms with Gasteiger partial charge in [0.15, 0.2) is 0 Å². The fraction of sp³-hybridized carbons (Fsp3) is 0.167. The van der Waals surface area contributed by atoms with Gasteiger partial charge in [-0.15, -0.1) is 11.3 Å². The van der Waals surface area contributed by atoms with Crippen LogP contribution in [0.2, 0.25) is 0 Å². The van der Waals surface area contributed by atoms with Crippen LogP contribution in [0.4, 0.5) is 0 Å². The quantitative estimate of drug-likeness (QED) is 0.430. The summed E-state index contributed by atoms with van der Waals surface area (Å²) in [6, 6.07) is 18.5. The van der Waals surface area contributed by atoms with Gasteiger partial charge >= 0.3 is 5.97 Å². The lowest BCUT2D eigenvalue weighted by Gasteiger charge is -2.17. The Morgan fingerprint density at radius 3 is 2.77 bits per heavy atom. The van der Waals surface area contributed by atoms with Crippen molar-refractivity contribution in [1.29, 1.82) is 0 Å². The van der Waals surface area contributed by atoms with Crippen LogP contribution in [-0.4, -0.2) is 22.9 Å². The molecule has 0 saturated carbocycles. The number of aryl methyl sites for hydroxylation is 1. The van der Waals surface area contributed by atoms with Crippen molar-refractivity contribution in [2.24, 2.45) is 0 Å². The van der Waals surface area contributed by atoms with Crippen LogP contribution in [0.25, 0.3) is 10.9 Å². The van der Waals surface area contributed by atoms with E-state index in [0.717, 1.165) is 27.6 Å². The second-order valence-electron chi connectivity index (χ2n) is 7.16. The number of hydrogen-bond acceptors (Lipinski definition) is 4. The molecule has 152 valence electrons. The van der Waals surface area contributed by atoms with Gasteiger partial charge in [-0.1, -0.05) is 54.1 Å². The minimum atomic E-state index is -0.788. The molecule has 0 radical (unpaired) electrons. The second kappa shape index (κ2) is 8.97. The SMILES string of the molecule is Cc1cccc(COC(=O)C(Cc2c[nH]c3ccccc23)NC(=O)c2cccs2)c1. The molecule has 6 heteroatoms. The number of H-pyrrole nitrogens is 1. The Balaban J connectivity index is 1.52. The molecule has 0 aliphatic carbocycles. The number of thiophene rings is 1. The maximum Gasteiger partial charge on any atom is 0.329 e. The first-order chi connectivity index (χ1) is 14.6. The lowest BCUT2D eigenvalue weighted by molar-refractivity contribution is -0.147. The highest BCUT2D eigenvalue weighted by atomic mass is 32.1. The molecule has 2 heterocycles. The van der Waals surface area contributed by atoms with Crippen LogP contribution in [0, 0.1) is 6.92 Å². The third-order valence-corrected chi connectivity index (χ3v) is 5.77. The molecule has 0 saturated heterocycles. The van der Waals surface area contributed by atoms with Crippen LogP contribution in [0.5, 0.6) is 0 Å². The Morgan fingerprint density at radius 2 is 1.97 bits per heavy atom. The molecule has 30 heavy (non-hydrogen) atoms. The summed E-state index contributed by atoms with van der Waals surface area (Å²) in [5.74, 6) is -0.728. The zero-order valence-corrected chi connectivity index (χ0v) is 17.4. The van der Waals surface area contributed by atoms with E-state index in [1.54, 1.807) is 6.07 Å². The highest BCUT2D eigenvalue weighted by Crippen LogP contribution is 2.20. The Labute approximate surface area is 178 Å². The topological polar surface area (TPSA) is 71.2 Å². The van der Waals surface area contributed by atoms with Crippen molar-refractivity contribution in [2.45, 2.75) is 26.0 Å². The summed E-state index contributed by atoms with van der Waals surface area (Å²) in [4.78, 5) is 29.3. The van der Waals surface area contributed by atoms with E-state index in [2.05, 4.69) is 10.3 Å². The number of amides is 1. The van der Waals surface area contributed by atoms with Crippen molar-refractivity contribution >= 4 is 34.1 Å². The predicted molar refractivity (Wildman–Crippen MR) is 119 cm³/mol. The molecular formula is C24H22N2O3S. The molecule has 1 amide bonds. The number of carbonyl (C=O) groups excluding carboxylic acids is 2. The van der Waals surface area contributed by atoms with Crippen molar-refractivity contribution in [2.75, 3.05) is 0 Å². The number of para-hydroxylation sites is 1. The van der Waals surface area contributed by atoms with Gasteiger partial charge in [0.2, 0.25) is 0 Å². The van der Waals surface area contributed by atoms with Gasteiger partial charge in [-0.2, -0.15) is 0 Å². The number of esters is 1. The van der Waals surface area contributed by atoms with Crippen molar-refractivity contribution < 1.29 is 14.3 Å². The molecule has 5 nitrogen and oxygen atoms in total. The van der Waals surface area contributed by atoms with Crippen LogP contribution in [0.1, 0.15) is 26.4 Å². The molecule has 4 rings (SSSR count). The Bertz CT molecular complexity index is 1160. The molecule has 0 aliphatic rings. The smallest absolute Gasteiger partial charge is 0.329 e. The van der Waals surface area contributed by atoms with E-state index in [1.807, 2.05) is 73.1 Å². The zero-order chi connectivity index (χ0) is 20.9. The molecule has 1 unspecified atom stereocenters. The highest BCUT2D eigenvalue weighted by molar-refractivity contribution is 7.12. The fourth-order valence-corrected chi connectivity index (χ4v) is 4.03. The van der Waals surface area contributed by atoms with Gasteiger partial charge in [-0.3, -0.25) is 4.79 Å². The van der Waals surface area contributed by atoms with Crippen LogP contribution < -0.4 is 5.32 Å². The number of hydrogen-bond donors (Lipinski definition) is 2. The first-order valence-corrected chi connectivity index (χ1v) is 10.6. The lowest BCUT2D eigenvalue weighted by atomic mass is 10.0. The Morgan fingerprint density at radius 1 is 1.10 bits per heavy atom. The molecule has 2 aromatic heterocycles. The molecule has 0 fully saturated rings. The molecule has 2 aromatic carbocycles. The van der Waals surface area contributed by atoms with Gasteiger partial charge in [-0.25, -0.2) is 4.79 Å². The number of rotatable bonds is 7. The lowest BCUT2D eigenvalue weighted by Crippen LogP contribution is -2.43. The summed E-state index contributed by atoms with van der Waals surface area (Å²) < 4.78 is 5.56. The zero-order valence-electron chi connectivity index (χ0n) is 16.6. The number of carbonyl (C=O) groups is 2. The highest BCUT2D eigenvalue weighted by Gasteiger charge is 2.25. The molecule has 2 N–H and O–H groups in total. The summed E-state index contributed by atoms with van der Waals surface area (Å²) in [6.07, 6.45) is 2.22. The van der Waals surface area contributed by atoms with Crippen molar-refractivity contribution in [3.63, 3.8) is 0 Å². The van der Waals surface area contributed by atoms with Crippen molar-refractivity contribution in [1.82, 2.24) is 10.3 Å². The summed E-state index contributed by atoms with van der Waals surface area (Å²) >= 11 is 1.34. The van der Waals surface area contributed by atoms with E-state index in [-0.39, 0.29) is 12.5 Å². The maximum atomic E-state index is 12.9. The van der Waals surface area contributed by atoms with Crippen LogP contribution in [-0.2, 0) is 22.6 Å². The molecule has 0 spiro atoms. The van der Waals surface area contributed by atoms with E-state index in [1.165, 1.54) is 11.3 Å². The number of fused-ring (bicyclic) bond motifs is 1. The summed E-state index contributed by atoms with van der Waals surface area (Å²) in [5, 5.41) is 5.71. The van der Waals surface area contributed by atoms with Crippen LogP contribution >= 0.6 is 11.3 Å². The van der Waals surface area contributed by atoms with E-state index in [9.17, 15) is 9.59 Å². The number of aromatic nitrogens is 1. The summed E-state index contributed by atoms with van der Waals surface area (Å²) in [7, 11) is 0. The van der Waals surface area contributed by atoms with E-state index >= 15 is 0 Å². The van der Waals surface area contributed by atoms with Gasteiger partial charge < -0.3 is 15.0 Å². The minimum absolute atomic E-state index is 0.166. The Hall–Kier alpha value is -3.38. The third-order valence-electron chi connectivity index (χ3n) is 4.90. The van der Waals surface area contributed by atoms with Crippen molar-refractivity contribution in [3.8, 4) is 0 Å². The van der Waals surface area contributed by atoms with Gasteiger partial charge in [0.1, 0.15) is 12.6 Å². The second-order valence-corrected chi connectivity index (χ2v) is 8.11. The first-order valence-electron chi connectivity index (χ1n) is 9.71. The normalized spacial score (nSPS) is 11.9. The fourth-order valence-electron chi connectivity index (χ4n) is 3.41. The summed E-state index contributed by atoms with van der Waals surface area (Å²) in [5.41, 5.74) is 3.96.